The lowest BCUT2D eigenvalue weighted by Crippen LogP contribution is -2.48. The van der Waals surface area contributed by atoms with Crippen molar-refractivity contribution in [1.82, 2.24) is 10.7 Å². The number of nitrogens with one attached hydrogen (secondary N) is 2. The summed E-state index contributed by atoms with van der Waals surface area (Å²) in [6.45, 7) is 1.46. The van der Waals surface area contributed by atoms with Crippen LogP contribution in [0.25, 0.3) is 0 Å². The smallest absolute Gasteiger partial charge is 0.217 e. The Morgan fingerprint density at radius 1 is 1.62 bits per heavy atom. The Kier molecular flexibility index (Phi) is 4.19. The molecule has 0 spiro atoms. The van der Waals surface area contributed by atoms with Gasteiger partial charge in [0.05, 0.1) is 11.8 Å². The van der Waals surface area contributed by atoms with Crippen LogP contribution in [0.1, 0.15) is 13.3 Å². The third-order valence-electron chi connectivity index (χ3n) is 1.97. The summed E-state index contributed by atoms with van der Waals surface area (Å²) >= 11 is 4.62. The van der Waals surface area contributed by atoms with Crippen molar-refractivity contribution in [2.24, 2.45) is 10.8 Å². The van der Waals surface area contributed by atoms with Gasteiger partial charge in [-0.15, -0.1) is 0 Å². The number of carbonyl (C=O) groups is 1. The maximum Gasteiger partial charge on any atom is 0.217 e. The van der Waals surface area contributed by atoms with Crippen molar-refractivity contribution in [2.75, 3.05) is 0 Å². The maximum atomic E-state index is 11.1. The zero-order chi connectivity index (χ0) is 12.0. The van der Waals surface area contributed by atoms with Crippen molar-refractivity contribution in [3.8, 4) is 0 Å². The highest BCUT2D eigenvalue weighted by Crippen LogP contribution is 2.15. The normalized spacial score (nSPS) is 23.3. The van der Waals surface area contributed by atoms with E-state index in [4.69, 9.17) is 5.73 Å². The van der Waals surface area contributed by atoms with Crippen molar-refractivity contribution >= 4 is 29.5 Å². The second kappa shape index (κ2) is 5.41. The highest BCUT2D eigenvalue weighted by Gasteiger charge is 2.25. The molecule has 4 N–H and O–H groups in total. The summed E-state index contributed by atoms with van der Waals surface area (Å²) in [5.74, 6) is -0.123. The summed E-state index contributed by atoms with van der Waals surface area (Å²) in [5.41, 5.74) is 7.10. The van der Waals surface area contributed by atoms with Gasteiger partial charge < -0.3 is 11.1 Å². The van der Waals surface area contributed by atoms with Crippen molar-refractivity contribution < 1.29 is 4.79 Å². The molecule has 0 aromatic carbocycles. The van der Waals surface area contributed by atoms with Crippen molar-refractivity contribution in [3.05, 3.63) is 24.3 Å². The first-order valence-corrected chi connectivity index (χ1v) is 5.18. The summed E-state index contributed by atoms with van der Waals surface area (Å²) in [7, 11) is 0. The number of hydrogen-bond acceptors (Lipinski definition) is 3. The van der Waals surface area contributed by atoms with Crippen LogP contribution in [-0.4, -0.2) is 22.8 Å². The topological polar surface area (TPSA) is 79.5 Å². The molecule has 1 atom stereocenters. The molecule has 5 nitrogen and oxygen atoms in total. The monoisotopic (exact) mass is 238 g/mol. The molecule has 0 radical (unpaired) electrons. The standard InChI is InChI=1S/C10H14N4OS/c1-8(15)13-10(5-3-2-4-6-10)7-12-14-9(11)16/h2-5,7H,6H2,1H3,(H,13,15)(H3,11,14,16). The van der Waals surface area contributed by atoms with Crippen molar-refractivity contribution in [1.29, 1.82) is 0 Å². The van der Waals surface area contributed by atoms with Crippen LogP contribution < -0.4 is 16.5 Å². The zero-order valence-corrected chi connectivity index (χ0v) is 9.75. The van der Waals surface area contributed by atoms with E-state index in [0.29, 0.717) is 6.42 Å². The molecule has 1 unspecified atom stereocenters. The number of thiocarbonyl (C=S) groups is 1. The lowest BCUT2D eigenvalue weighted by atomic mass is 9.92. The second-order valence-electron chi connectivity index (χ2n) is 3.45. The molecule has 0 aliphatic heterocycles. The van der Waals surface area contributed by atoms with Crippen molar-refractivity contribution in [3.63, 3.8) is 0 Å². The molecule has 86 valence electrons. The fourth-order valence-corrected chi connectivity index (χ4v) is 1.45. The lowest BCUT2D eigenvalue weighted by molar-refractivity contribution is -0.119. The number of allylic oxidation sites excluding steroid dienone is 2. The van der Waals surface area contributed by atoms with Gasteiger partial charge in [-0.25, -0.2) is 0 Å². The molecule has 1 aliphatic rings. The highest BCUT2D eigenvalue weighted by molar-refractivity contribution is 7.80. The molecule has 0 heterocycles. The number of carbonyl (C=O) groups excluding carboxylic acids is 1. The van der Waals surface area contributed by atoms with Gasteiger partial charge >= 0.3 is 0 Å². The minimum Gasteiger partial charge on any atom is -0.375 e. The Balaban J connectivity index is 2.75. The van der Waals surface area contributed by atoms with E-state index in [1.807, 2.05) is 24.3 Å². The van der Waals surface area contributed by atoms with Crippen LogP contribution in [0.3, 0.4) is 0 Å². The molecular formula is C10H14N4OS. The first-order valence-electron chi connectivity index (χ1n) is 4.77. The van der Waals surface area contributed by atoms with Gasteiger partial charge in [-0.1, -0.05) is 24.3 Å². The molecule has 0 fully saturated rings. The third kappa shape index (κ3) is 3.82. The number of hydrazone groups is 1. The Morgan fingerprint density at radius 3 is 2.88 bits per heavy atom. The van der Waals surface area contributed by atoms with E-state index in [0.717, 1.165) is 0 Å². The summed E-state index contributed by atoms with van der Waals surface area (Å²) < 4.78 is 0. The number of nitrogens with zero attached hydrogens (tertiary/aromatic N) is 1. The van der Waals surface area contributed by atoms with Crippen molar-refractivity contribution in [2.45, 2.75) is 18.9 Å². The summed E-state index contributed by atoms with van der Waals surface area (Å²) in [4.78, 5) is 11.1. The van der Waals surface area contributed by atoms with Gasteiger partial charge in [0.15, 0.2) is 5.11 Å². The predicted molar refractivity (Wildman–Crippen MR) is 67.9 cm³/mol. The lowest BCUT2D eigenvalue weighted by Gasteiger charge is -2.27. The van der Waals surface area contributed by atoms with Gasteiger partial charge in [0, 0.05) is 6.92 Å². The maximum absolute atomic E-state index is 11.1. The number of hydrogen-bond donors (Lipinski definition) is 3. The van der Waals surface area contributed by atoms with Crippen LogP contribution in [0.4, 0.5) is 0 Å². The molecule has 1 rings (SSSR count). The second-order valence-corrected chi connectivity index (χ2v) is 3.89. The van der Waals surface area contributed by atoms with E-state index in [1.54, 1.807) is 6.21 Å². The predicted octanol–water partition coefficient (Wildman–Crippen LogP) is 0.196. The van der Waals surface area contributed by atoms with Crippen LogP contribution in [0.15, 0.2) is 29.4 Å². The van der Waals surface area contributed by atoms with E-state index in [9.17, 15) is 4.79 Å². The van der Waals surface area contributed by atoms with Gasteiger partial charge in [0.2, 0.25) is 5.91 Å². The van der Waals surface area contributed by atoms with Gasteiger partial charge in [-0.2, -0.15) is 5.10 Å². The molecule has 0 aromatic heterocycles. The number of nitrogens with two attached hydrogens (primary N) is 1. The fourth-order valence-electron chi connectivity index (χ4n) is 1.40. The number of rotatable bonds is 3. The van der Waals surface area contributed by atoms with E-state index in [1.165, 1.54) is 6.92 Å². The Hall–Kier alpha value is -1.69. The Labute approximate surface area is 99.5 Å². The van der Waals surface area contributed by atoms with Crippen LogP contribution in [-0.2, 0) is 4.79 Å². The minimum absolute atomic E-state index is 0.0876. The van der Waals surface area contributed by atoms with E-state index in [-0.39, 0.29) is 11.0 Å². The van der Waals surface area contributed by atoms with E-state index < -0.39 is 5.54 Å². The molecule has 0 bridgehead atoms. The van der Waals surface area contributed by atoms with Gasteiger partial charge in [-0.05, 0) is 18.6 Å². The Morgan fingerprint density at radius 2 is 2.38 bits per heavy atom. The summed E-state index contributed by atoms with van der Waals surface area (Å²) in [6, 6.07) is 0. The van der Waals surface area contributed by atoms with Gasteiger partial charge in [0.1, 0.15) is 0 Å². The first kappa shape index (κ1) is 12.4. The van der Waals surface area contributed by atoms with Crippen LogP contribution >= 0.6 is 12.2 Å². The molecule has 0 saturated carbocycles. The first-order chi connectivity index (χ1) is 7.54. The molecule has 1 aliphatic carbocycles. The minimum atomic E-state index is -0.599. The largest absolute Gasteiger partial charge is 0.375 e. The van der Waals surface area contributed by atoms with Gasteiger partial charge in [-0.3, -0.25) is 10.2 Å². The third-order valence-corrected chi connectivity index (χ3v) is 2.07. The van der Waals surface area contributed by atoms with Crippen LogP contribution in [0.2, 0.25) is 0 Å². The molecule has 0 saturated heterocycles. The molecule has 0 aromatic rings. The summed E-state index contributed by atoms with van der Waals surface area (Å²) in [5, 5.41) is 6.78. The van der Waals surface area contributed by atoms with Gasteiger partial charge in [0.25, 0.3) is 0 Å². The average molecular weight is 238 g/mol. The quantitative estimate of drug-likeness (QED) is 0.373. The van der Waals surface area contributed by atoms with Crippen LogP contribution in [0, 0.1) is 0 Å². The van der Waals surface area contributed by atoms with Crippen LogP contribution in [0.5, 0.6) is 0 Å². The molecule has 1 amide bonds. The SMILES string of the molecule is CC(=O)NC1(C=NNC(N)=S)C=CC=CC1. The summed E-state index contributed by atoms with van der Waals surface area (Å²) in [6.07, 6.45) is 9.79. The molecular weight excluding hydrogens is 224 g/mol. The average Bonchev–Trinajstić information content (AvgIpc) is 2.17. The van der Waals surface area contributed by atoms with E-state index >= 15 is 0 Å². The fraction of sp³-hybridized carbons (Fsp3) is 0.300. The highest BCUT2D eigenvalue weighted by atomic mass is 32.1. The Bertz CT molecular complexity index is 375. The van der Waals surface area contributed by atoms with E-state index in [2.05, 4.69) is 28.1 Å². The molecule has 6 heteroatoms. The zero-order valence-electron chi connectivity index (χ0n) is 8.93. The molecule has 16 heavy (non-hydrogen) atoms. The number of amides is 1.